The Morgan fingerprint density at radius 1 is 1.28 bits per heavy atom. The lowest BCUT2D eigenvalue weighted by molar-refractivity contribution is -0.145. The third kappa shape index (κ3) is 3.26. The molecular formula is C14H16O4. The molecule has 0 aliphatic carbocycles. The molecule has 1 atom stereocenters. The van der Waals surface area contributed by atoms with Crippen molar-refractivity contribution >= 4 is 5.97 Å². The van der Waals surface area contributed by atoms with Crippen molar-refractivity contribution in [3.05, 3.63) is 36.4 Å². The normalized spacial score (nSPS) is 18.3. The van der Waals surface area contributed by atoms with Gasteiger partial charge in [0.1, 0.15) is 12.7 Å². The van der Waals surface area contributed by atoms with E-state index < -0.39 is 0 Å². The monoisotopic (exact) mass is 248 g/mol. The predicted molar refractivity (Wildman–Crippen MR) is 66.7 cm³/mol. The highest BCUT2D eigenvalue weighted by Gasteiger charge is 2.17. The van der Waals surface area contributed by atoms with E-state index in [1.807, 2.05) is 31.2 Å². The van der Waals surface area contributed by atoms with Gasteiger partial charge in [-0.25, -0.2) is 4.79 Å². The van der Waals surface area contributed by atoms with Crippen LogP contribution >= 0.6 is 0 Å². The van der Waals surface area contributed by atoms with Crippen LogP contribution in [-0.2, 0) is 9.53 Å². The molecule has 0 saturated carbocycles. The summed E-state index contributed by atoms with van der Waals surface area (Å²) >= 11 is 0. The fraction of sp³-hybridized carbons (Fsp3) is 0.357. The average molecular weight is 248 g/mol. The molecule has 1 aromatic carbocycles. The lowest BCUT2D eigenvalue weighted by atomic mass is 10.2. The third-order valence-electron chi connectivity index (χ3n) is 2.51. The number of rotatable bonds is 5. The number of carbonyl (C=O) groups is 1. The molecule has 2 rings (SSSR count). The molecule has 0 aromatic heterocycles. The Bertz CT molecular complexity index is 439. The van der Waals surface area contributed by atoms with Gasteiger partial charge in [0.2, 0.25) is 0 Å². The molecule has 0 fully saturated rings. The number of carbonyl (C=O) groups excluding carboxylic acids is 1. The Morgan fingerprint density at radius 3 is 2.67 bits per heavy atom. The minimum absolute atomic E-state index is 0.225. The lowest BCUT2D eigenvalue weighted by Crippen LogP contribution is -2.26. The van der Waals surface area contributed by atoms with Crippen LogP contribution in [0.4, 0.5) is 0 Å². The van der Waals surface area contributed by atoms with Crippen LogP contribution in [0.3, 0.4) is 0 Å². The van der Waals surface area contributed by atoms with Crippen molar-refractivity contribution in [2.75, 3.05) is 13.2 Å². The first-order valence-electron chi connectivity index (χ1n) is 6.01. The fourth-order valence-corrected chi connectivity index (χ4v) is 1.70. The molecule has 0 N–H and O–H groups in total. The molecule has 0 radical (unpaired) electrons. The second-order valence-electron chi connectivity index (χ2n) is 3.89. The minimum atomic E-state index is -0.312. The van der Waals surface area contributed by atoms with Gasteiger partial charge in [0.15, 0.2) is 11.5 Å². The topological polar surface area (TPSA) is 44.8 Å². The standard InChI is InChI=1S/C14H16O4/c1-2-16-12-7-3-4-8-13(12)17-10-11-6-5-9-14(15)18-11/h3-5,7-9,11H,2,6,10H2,1H3/t11-/m1/s1. The van der Waals surface area contributed by atoms with Crippen LogP contribution in [0.25, 0.3) is 0 Å². The molecule has 4 heteroatoms. The van der Waals surface area contributed by atoms with E-state index in [1.54, 1.807) is 6.08 Å². The van der Waals surface area contributed by atoms with E-state index in [9.17, 15) is 4.79 Å². The number of ether oxygens (including phenoxy) is 3. The third-order valence-corrected chi connectivity index (χ3v) is 2.51. The molecule has 0 amide bonds. The van der Waals surface area contributed by atoms with E-state index in [1.165, 1.54) is 6.08 Å². The maximum atomic E-state index is 11.1. The van der Waals surface area contributed by atoms with Gasteiger partial charge >= 0.3 is 5.97 Å². The zero-order chi connectivity index (χ0) is 12.8. The van der Waals surface area contributed by atoms with Crippen molar-refractivity contribution in [1.29, 1.82) is 0 Å². The van der Waals surface area contributed by atoms with Crippen LogP contribution in [0, 0.1) is 0 Å². The zero-order valence-corrected chi connectivity index (χ0v) is 10.3. The van der Waals surface area contributed by atoms with E-state index in [4.69, 9.17) is 14.2 Å². The van der Waals surface area contributed by atoms with Crippen molar-refractivity contribution in [1.82, 2.24) is 0 Å². The van der Waals surface area contributed by atoms with Crippen LogP contribution in [0.1, 0.15) is 13.3 Å². The van der Waals surface area contributed by atoms with Crippen LogP contribution in [-0.4, -0.2) is 25.3 Å². The predicted octanol–water partition coefficient (Wildman–Crippen LogP) is 2.34. The van der Waals surface area contributed by atoms with Gasteiger partial charge in [0, 0.05) is 12.5 Å². The number of para-hydroxylation sites is 2. The lowest BCUT2D eigenvalue weighted by Gasteiger charge is -2.19. The molecule has 0 saturated heterocycles. The minimum Gasteiger partial charge on any atom is -0.490 e. The van der Waals surface area contributed by atoms with Crippen LogP contribution in [0.15, 0.2) is 36.4 Å². The van der Waals surface area contributed by atoms with Crippen LogP contribution < -0.4 is 9.47 Å². The molecule has 96 valence electrons. The van der Waals surface area contributed by atoms with E-state index in [2.05, 4.69) is 0 Å². The van der Waals surface area contributed by atoms with E-state index in [-0.39, 0.29) is 12.1 Å². The van der Waals surface area contributed by atoms with Gasteiger partial charge in [-0.1, -0.05) is 18.2 Å². The summed E-state index contributed by atoms with van der Waals surface area (Å²) in [7, 11) is 0. The van der Waals surface area contributed by atoms with Gasteiger partial charge in [0.25, 0.3) is 0 Å². The maximum absolute atomic E-state index is 11.1. The molecule has 0 spiro atoms. The van der Waals surface area contributed by atoms with E-state index in [0.717, 1.165) is 0 Å². The quantitative estimate of drug-likeness (QED) is 0.750. The Balaban J connectivity index is 1.93. The zero-order valence-electron chi connectivity index (χ0n) is 10.3. The number of hydrogen-bond donors (Lipinski definition) is 0. The average Bonchev–Trinajstić information content (AvgIpc) is 2.38. The summed E-state index contributed by atoms with van der Waals surface area (Å²) in [5, 5.41) is 0. The highest BCUT2D eigenvalue weighted by atomic mass is 16.6. The van der Waals surface area contributed by atoms with Gasteiger partial charge in [-0.3, -0.25) is 0 Å². The van der Waals surface area contributed by atoms with Crippen LogP contribution in [0.5, 0.6) is 11.5 Å². The van der Waals surface area contributed by atoms with Crippen molar-refractivity contribution in [3.63, 3.8) is 0 Å². The van der Waals surface area contributed by atoms with E-state index >= 15 is 0 Å². The first-order chi connectivity index (χ1) is 8.79. The molecular weight excluding hydrogens is 232 g/mol. The summed E-state index contributed by atoms with van der Waals surface area (Å²) in [6.45, 7) is 2.84. The molecule has 0 bridgehead atoms. The SMILES string of the molecule is CCOc1ccccc1OC[C@H]1CC=CC(=O)O1. The van der Waals surface area contributed by atoms with Gasteiger partial charge in [0.05, 0.1) is 6.61 Å². The molecule has 4 nitrogen and oxygen atoms in total. The highest BCUT2D eigenvalue weighted by molar-refractivity contribution is 5.82. The van der Waals surface area contributed by atoms with Gasteiger partial charge in [-0.15, -0.1) is 0 Å². The number of benzene rings is 1. The smallest absolute Gasteiger partial charge is 0.330 e. The summed E-state index contributed by atoms with van der Waals surface area (Å²) in [6, 6.07) is 7.46. The molecule has 0 unspecified atom stereocenters. The summed E-state index contributed by atoms with van der Waals surface area (Å²) in [4.78, 5) is 11.1. The highest BCUT2D eigenvalue weighted by Crippen LogP contribution is 2.26. The number of hydrogen-bond acceptors (Lipinski definition) is 4. The Morgan fingerprint density at radius 2 is 2.00 bits per heavy atom. The molecule has 1 aliphatic rings. The molecule has 18 heavy (non-hydrogen) atoms. The fourth-order valence-electron chi connectivity index (χ4n) is 1.70. The summed E-state index contributed by atoms with van der Waals surface area (Å²) < 4.78 is 16.2. The van der Waals surface area contributed by atoms with Gasteiger partial charge in [-0.2, -0.15) is 0 Å². The molecule has 1 heterocycles. The summed E-state index contributed by atoms with van der Waals surface area (Å²) in [5.41, 5.74) is 0. The van der Waals surface area contributed by atoms with Crippen LogP contribution in [0.2, 0.25) is 0 Å². The van der Waals surface area contributed by atoms with Crippen molar-refractivity contribution in [2.24, 2.45) is 0 Å². The second-order valence-corrected chi connectivity index (χ2v) is 3.89. The summed E-state index contributed by atoms with van der Waals surface area (Å²) in [6.07, 6.45) is 3.69. The maximum Gasteiger partial charge on any atom is 0.330 e. The van der Waals surface area contributed by atoms with Crippen molar-refractivity contribution < 1.29 is 19.0 Å². The number of esters is 1. The molecule has 1 aliphatic heterocycles. The Labute approximate surface area is 106 Å². The van der Waals surface area contributed by atoms with E-state index in [0.29, 0.717) is 31.1 Å². The second kappa shape index (κ2) is 6.10. The van der Waals surface area contributed by atoms with Crippen molar-refractivity contribution in [2.45, 2.75) is 19.4 Å². The molecule has 1 aromatic rings. The number of cyclic esters (lactones) is 1. The largest absolute Gasteiger partial charge is 0.490 e. The van der Waals surface area contributed by atoms with Gasteiger partial charge < -0.3 is 14.2 Å². The first kappa shape index (κ1) is 12.5. The van der Waals surface area contributed by atoms with Crippen molar-refractivity contribution in [3.8, 4) is 11.5 Å². The van der Waals surface area contributed by atoms with Gasteiger partial charge in [-0.05, 0) is 19.1 Å². The summed E-state index contributed by atoms with van der Waals surface area (Å²) in [5.74, 6) is 1.07. The Hall–Kier alpha value is -1.97. The first-order valence-corrected chi connectivity index (χ1v) is 6.01. The Kier molecular flexibility index (Phi) is 4.23.